The normalized spacial score (nSPS) is 17.5. The molecule has 1 unspecified atom stereocenters. The zero-order valence-corrected chi connectivity index (χ0v) is 14.1. The summed E-state index contributed by atoms with van der Waals surface area (Å²) in [5.74, 6) is -0.138. The minimum absolute atomic E-state index is 0.0127. The van der Waals surface area contributed by atoms with Gasteiger partial charge in [-0.3, -0.25) is 0 Å². The van der Waals surface area contributed by atoms with Crippen LogP contribution in [0.3, 0.4) is 0 Å². The van der Waals surface area contributed by atoms with Gasteiger partial charge >= 0.3 is 12.4 Å². The number of anilines is 1. The van der Waals surface area contributed by atoms with Crippen molar-refractivity contribution in [2.24, 2.45) is 0 Å². The lowest BCUT2D eigenvalue weighted by Crippen LogP contribution is -2.27. The number of ether oxygens (including phenoxy) is 1. The van der Waals surface area contributed by atoms with Gasteiger partial charge in [0.15, 0.2) is 0 Å². The fourth-order valence-electron chi connectivity index (χ4n) is 2.74. The summed E-state index contributed by atoms with van der Waals surface area (Å²) >= 11 is 0. The molecule has 1 atom stereocenters. The van der Waals surface area contributed by atoms with Crippen molar-refractivity contribution in [3.63, 3.8) is 0 Å². The Balaban J connectivity index is 1.73. The van der Waals surface area contributed by atoms with E-state index in [0.29, 0.717) is 12.6 Å². The second-order valence-corrected chi connectivity index (χ2v) is 6.03. The summed E-state index contributed by atoms with van der Waals surface area (Å²) in [6.45, 7) is 0.389. The number of halogens is 6. The van der Waals surface area contributed by atoms with Gasteiger partial charge < -0.3 is 9.64 Å². The van der Waals surface area contributed by atoms with Gasteiger partial charge in [0.05, 0.1) is 17.7 Å². The van der Waals surface area contributed by atoms with Crippen LogP contribution in [0.2, 0.25) is 0 Å². The van der Waals surface area contributed by atoms with Crippen molar-refractivity contribution in [2.75, 3.05) is 18.0 Å². The fraction of sp³-hybridized carbons (Fsp3) is 0.353. The molecule has 28 heavy (non-hydrogen) atoms. The first-order valence-electron chi connectivity index (χ1n) is 8.01. The third-order valence-corrected chi connectivity index (χ3v) is 4.08. The number of nitrogens with zero attached hydrogens (tertiary/aromatic N) is 4. The largest absolute Gasteiger partial charge is 0.472 e. The molecule has 0 N–H and O–H groups in total. The van der Waals surface area contributed by atoms with Crippen LogP contribution < -0.4 is 9.64 Å². The first kappa shape index (κ1) is 19.7. The molecule has 1 fully saturated rings. The van der Waals surface area contributed by atoms with Crippen LogP contribution in [0.5, 0.6) is 5.88 Å². The Morgan fingerprint density at radius 1 is 1.07 bits per heavy atom. The van der Waals surface area contributed by atoms with Crippen LogP contribution in [0.25, 0.3) is 0 Å². The predicted octanol–water partition coefficient (Wildman–Crippen LogP) is 4.04. The highest BCUT2D eigenvalue weighted by Crippen LogP contribution is 2.32. The summed E-state index contributed by atoms with van der Waals surface area (Å²) < 4.78 is 81.8. The van der Waals surface area contributed by atoms with Crippen LogP contribution >= 0.6 is 0 Å². The van der Waals surface area contributed by atoms with E-state index in [-0.39, 0.29) is 30.4 Å². The van der Waals surface area contributed by atoms with E-state index >= 15 is 0 Å². The number of pyridine rings is 2. The maximum atomic E-state index is 12.9. The molecule has 0 spiro atoms. The van der Waals surface area contributed by atoms with Crippen LogP contribution in [-0.2, 0) is 12.4 Å². The van der Waals surface area contributed by atoms with E-state index < -0.39 is 29.7 Å². The molecule has 148 valence electrons. The quantitative estimate of drug-likeness (QED) is 0.726. The Morgan fingerprint density at radius 2 is 1.82 bits per heavy atom. The lowest BCUT2D eigenvalue weighted by molar-refractivity contribution is -0.141. The molecule has 1 saturated heterocycles. The van der Waals surface area contributed by atoms with Crippen LogP contribution in [0, 0.1) is 11.3 Å². The first-order chi connectivity index (χ1) is 13.1. The summed E-state index contributed by atoms with van der Waals surface area (Å²) in [4.78, 5) is 8.64. The molecule has 2 aromatic rings. The summed E-state index contributed by atoms with van der Waals surface area (Å²) in [5.41, 5.74) is -2.05. The molecular formula is C17H12F6N4O. The molecular weight excluding hydrogens is 390 g/mol. The molecule has 0 aromatic carbocycles. The standard InChI is InChI=1S/C17H12F6N4O/c18-16(19,20)11-2-4-14(25-8-11)28-12-5-6-27(9-12)15-10(7-24)1-3-13(26-15)17(21,22)23/h1-4,8,12H,5-6,9H2. The van der Waals surface area contributed by atoms with Crippen molar-refractivity contribution < 1.29 is 31.1 Å². The van der Waals surface area contributed by atoms with E-state index in [9.17, 15) is 26.3 Å². The van der Waals surface area contributed by atoms with E-state index in [0.717, 1.165) is 24.3 Å². The van der Waals surface area contributed by atoms with Crippen LogP contribution in [0.4, 0.5) is 32.2 Å². The number of hydrogen-bond acceptors (Lipinski definition) is 5. The monoisotopic (exact) mass is 402 g/mol. The second-order valence-electron chi connectivity index (χ2n) is 6.03. The van der Waals surface area contributed by atoms with Gasteiger partial charge in [0.2, 0.25) is 5.88 Å². The lowest BCUT2D eigenvalue weighted by Gasteiger charge is -2.20. The van der Waals surface area contributed by atoms with Gasteiger partial charge in [0.25, 0.3) is 0 Å². The van der Waals surface area contributed by atoms with Crippen LogP contribution in [0.1, 0.15) is 23.2 Å². The number of alkyl halides is 6. The van der Waals surface area contributed by atoms with Gasteiger partial charge in [0, 0.05) is 25.2 Å². The average molecular weight is 402 g/mol. The van der Waals surface area contributed by atoms with Crippen molar-refractivity contribution >= 4 is 5.82 Å². The van der Waals surface area contributed by atoms with Crippen LogP contribution in [0.15, 0.2) is 30.5 Å². The first-order valence-corrected chi connectivity index (χ1v) is 8.01. The summed E-state index contributed by atoms with van der Waals surface area (Å²) in [5, 5.41) is 9.13. The Morgan fingerprint density at radius 3 is 2.39 bits per heavy atom. The van der Waals surface area contributed by atoms with E-state index in [1.165, 1.54) is 4.90 Å². The molecule has 2 aromatic heterocycles. The van der Waals surface area contributed by atoms with Gasteiger partial charge in [-0.25, -0.2) is 9.97 Å². The number of nitriles is 1. The molecule has 1 aliphatic rings. The Hall–Kier alpha value is -3.03. The van der Waals surface area contributed by atoms with Crippen molar-refractivity contribution in [2.45, 2.75) is 24.9 Å². The summed E-state index contributed by atoms with van der Waals surface area (Å²) in [6, 6.07) is 5.50. The number of hydrogen-bond donors (Lipinski definition) is 0. The van der Waals surface area contributed by atoms with Gasteiger partial charge in [-0.15, -0.1) is 0 Å². The van der Waals surface area contributed by atoms with E-state index in [1.54, 1.807) is 6.07 Å². The van der Waals surface area contributed by atoms with E-state index in [1.807, 2.05) is 0 Å². The second kappa shape index (κ2) is 7.18. The fourth-order valence-corrected chi connectivity index (χ4v) is 2.74. The molecule has 0 saturated carbocycles. The minimum atomic E-state index is -4.65. The van der Waals surface area contributed by atoms with Gasteiger partial charge in [0.1, 0.15) is 23.7 Å². The highest BCUT2D eigenvalue weighted by Gasteiger charge is 2.35. The zero-order valence-electron chi connectivity index (χ0n) is 14.1. The van der Waals surface area contributed by atoms with Gasteiger partial charge in [-0.1, -0.05) is 0 Å². The van der Waals surface area contributed by atoms with Crippen LogP contribution in [-0.4, -0.2) is 29.2 Å². The van der Waals surface area contributed by atoms with Gasteiger partial charge in [-0.05, 0) is 18.2 Å². The summed E-state index contributed by atoms with van der Waals surface area (Å²) in [7, 11) is 0. The van der Waals surface area contributed by atoms with Crippen molar-refractivity contribution in [3.05, 3.63) is 47.3 Å². The maximum absolute atomic E-state index is 12.9. The maximum Gasteiger partial charge on any atom is 0.433 e. The number of aromatic nitrogens is 2. The lowest BCUT2D eigenvalue weighted by atomic mass is 10.2. The zero-order chi connectivity index (χ0) is 20.5. The molecule has 1 aliphatic heterocycles. The Kier molecular flexibility index (Phi) is 5.06. The Bertz CT molecular complexity index is 888. The number of rotatable bonds is 3. The molecule has 11 heteroatoms. The van der Waals surface area contributed by atoms with Crippen molar-refractivity contribution in [1.29, 1.82) is 5.26 Å². The minimum Gasteiger partial charge on any atom is -0.472 e. The van der Waals surface area contributed by atoms with Crippen molar-refractivity contribution in [1.82, 2.24) is 9.97 Å². The molecule has 0 amide bonds. The Labute approximate surface area is 155 Å². The third kappa shape index (κ3) is 4.27. The van der Waals surface area contributed by atoms with Gasteiger partial charge in [-0.2, -0.15) is 31.6 Å². The molecule has 0 bridgehead atoms. The third-order valence-electron chi connectivity index (χ3n) is 4.08. The highest BCUT2D eigenvalue weighted by atomic mass is 19.4. The molecule has 3 heterocycles. The molecule has 0 aliphatic carbocycles. The predicted molar refractivity (Wildman–Crippen MR) is 84.4 cm³/mol. The van der Waals surface area contributed by atoms with Crippen molar-refractivity contribution in [3.8, 4) is 11.9 Å². The van der Waals surface area contributed by atoms with E-state index in [2.05, 4.69) is 9.97 Å². The SMILES string of the molecule is N#Cc1ccc(C(F)(F)F)nc1N1CCC(Oc2ccc(C(F)(F)F)cn2)C1. The molecule has 5 nitrogen and oxygen atoms in total. The smallest absolute Gasteiger partial charge is 0.433 e. The summed E-state index contributed by atoms with van der Waals surface area (Å²) in [6.07, 6.45) is -8.66. The molecule has 3 rings (SSSR count). The average Bonchev–Trinajstić information content (AvgIpc) is 3.08. The van der Waals surface area contributed by atoms with E-state index in [4.69, 9.17) is 10.00 Å². The highest BCUT2D eigenvalue weighted by molar-refractivity contribution is 5.55. The topological polar surface area (TPSA) is 62.0 Å². The molecule has 0 radical (unpaired) electrons.